The first-order valence-electron chi connectivity index (χ1n) is 8.97. The molecule has 0 amide bonds. The van der Waals surface area contributed by atoms with Crippen LogP contribution in [0.15, 0.2) is 0 Å². The van der Waals surface area contributed by atoms with Gasteiger partial charge in [0.2, 0.25) is 0 Å². The highest BCUT2D eigenvalue weighted by Crippen LogP contribution is 2.51. The van der Waals surface area contributed by atoms with E-state index in [0.717, 1.165) is 51.4 Å². The summed E-state index contributed by atoms with van der Waals surface area (Å²) in [5.74, 6) is 0.674. The zero-order valence-corrected chi connectivity index (χ0v) is 14.2. The Morgan fingerprint density at radius 3 is 2.05 bits per heavy atom. The third-order valence-electron chi connectivity index (χ3n) is 6.34. The van der Waals surface area contributed by atoms with Gasteiger partial charge in [-0.25, -0.2) is 0 Å². The van der Waals surface area contributed by atoms with Gasteiger partial charge >= 0.3 is 0 Å². The summed E-state index contributed by atoms with van der Waals surface area (Å²) in [5, 5.41) is 21.3. The van der Waals surface area contributed by atoms with E-state index in [1.165, 1.54) is 19.3 Å². The molecule has 0 spiro atoms. The lowest BCUT2D eigenvalue weighted by Gasteiger charge is -2.42. The molecule has 0 heterocycles. The Morgan fingerprint density at radius 2 is 1.52 bits per heavy atom. The number of hydrogen-bond acceptors (Lipinski definition) is 2. The molecule has 2 saturated carbocycles. The van der Waals surface area contributed by atoms with E-state index < -0.39 is 11.0 Å². The van der Waals surface area contributed by atoms with Crippen molar-refractivity contribution in [2.75, 3.05) is 0 Å². The molecule has 1 N–H and O–H groups in total. The van der Waals surface area contributed by atoms with Crippen LogP contribution in [0.3, 0.4) is 0 Å². The van der Waals surface area contributed by atoms with Crippen molar-refractivity contribution >= 4 is 0 Å². The van der Waals surface area contributed by atoms with Crippen LogP contribution in [-0.2, 0) is 0 Å². The Hall–Kier alpha value is -0.550. The topological polar surface area (TPSA) is 44.0 Å². The molecule has 2 fully saturated rings. The average molecular weight is 291 g/mol. The van der Waals surface area contributed by atoms with Crippen molar-refractivity contribution in [2.24, 2.45) is 16.7 Å². The van der Waals surface area contributed by atoms with Crippen LogP contribution in [0.2, 0.25) is 0 Å². The molecule has 0 radical (unpaired) electrons. The SMILES string of the molecule is CC(C)(C)C1CCCC(O)(C2(C#N)CCCCCC2)CC1. The number of aliphatic hydroxyl groups is 1. The van der Waals surface area contributed by atoms with E-state index in [9.17, 15) is 10.4 Å². The van der Waals surface area contributed by atoms with Crippen molar-refractivity contribution in [3.63, 3.8) is 0 Å². The minimum absolute atomic E-state index is 0.314. The van der Waals surface area contributed by atoms with Crippen LogP contribution in [-0.4, -0.2) is 10.7 Å². The quantitative estimate of drug-likeness (QED) is 0.674. The second kappa shape index (κ2) is 6.29. The summed E-state index contributed by atoms with van der Waals surface area (Å²) in [4.78, 5) is 0. The van der Waals surface area contributed by atoms with Crippen molar-refractivity contribution in [1.82, 2.24) is 0 Å². The number of nitrogens with zero attached hydrogens (tertiary/aromatic N) is 1. The van der Waals surface area contributed by atoms with Crippen molar-refractivity contribution in [1.29, 1.82) is 5.26 Å². The molecular weight excluding hydrogens is 258 g/mol. The van der Waals surface area contributed by atoms with Crippen LogP contribution in [0.1, 0.15) is 91.4 Å². The largest absolute Gasteiger partial charge is 0.388 e. The highest BCUT2D eigenvalue weighted by Gasteiger charge is 2.51. The second-order valence-electron chi connectivity index (χ2n) is 8.63. The lowest BCUT2D eigenvalue weighted by Crippen LogP contribution is -2.47. The van der Waals surface area contributed by atoms with E-state index >= 15 is 0 Å². The molecule has 0 bridgehead atoms. The van der Waals surface area contributed by atoms with Gasteiger partial charge in [-0.1, -0.05) is 52.9 Å². The molecule has 2 aliphatic rings. The van der Waals surface area contributed by atoms with Gasteiger partial charge in [0.05, 0.1) is 17.1 Å². The lowest BCUT2D eigenvalue weighted by atomic mass is 9.64. The Morgan fingerprint density at radius 1 is 0.905 bits per heavy atom. The van der Waals surface area contributed by atoms with E-state index in [1.807, 2.05) is 0 Å². The van der Waals surface area contributed by atoms with Crippen molar-refractivity contribution in [3.8, 4) is 6.07 Å². The zero-order valence-electron chi connectivity index (χ0n) is 14.2. The Balaban J connectivity index is 2.18. The molecule has 2 nitrogen and oxygen atoms in total. The summed E-state index contributed by atoms with van der Waals surface area (Å²) < 4.78 is 0. The predicted molar refractivity (Wildman–Crippen MR) is 86.7 cm³/mol. The molecule has 2 rings (SSSR count). The fourth-order valence-electron chi connectivity index (χ4n) is 4.68. The van der Waals surface area contributed by atoms with Crippen molar-refractivity contribution < 1.29 is 5.11 Å². The Kier molecular flexibility index (Phi) is 5.03. The number of rotatable bonds is 1. The summed E-state index contributed by atoms with van der Waals surface area (Å²) in [7, 11) is 0. The molecule has 0 aromatic carbocycles. The van der Waals surface area contributed by atoms with Gasteiger partial charge in [0.1, 0.15) is 0 Å². The van der Waals surface area contributed by atoms with Crippen LogP contribution in [0.4, 0.5) is 0 Å². The van der Waals surface area contributed by atoms with Gasteiger partial charge in [-0.2, -0.15) is 5.26 Å². The fraction of sp³-hybridized carbons (Fsp3) is 0.947. The molecule has 120 valence electrons. The van der Waals surface area contributed by atoms with Crippen LogP contribution in [0.5, 0.6) is 0 Å². The van der Waals surface area contributed by atoms with E-state index in [4.69, 9.17) is 0 Å². The Bertz CT molecular complexity index is 381. The molecule has 0 aliphatic heterocycles. The highest BCUT2D eigenvalue weighted by molar-refractivity contribution is 5.12. The molecule has 0 aromatic rings. The summed E-state index contributed by atoms with van der Waals surface area (Å²) in [6, 6.07) is 2.60. The van der Waals surface area contributed by atoms with Crippen LogP contribution in [0.25, 0.3) is 0 Å². The molecule has 0 aromatic heterocycles. The van der Waals surface area contributed by atoms with Crippen molar-refractivity contribution in [2.45, 2.75) is 97.0 Å². The number of nitriles is 1. The molecule has 2 heteroatoms. The smallest absolute Gasteiger partial charge is 0.0860 e. The summed E-state index contributed by atoms with van der Waals surface area (Å²) >= 11 is 0. The minimum atomic E-state index is -0.744. The molecule has 0 saturated heterocycles. The molecule has 2 atom stereocenters. The first kappa shape index (κ1) is 16.8. The second-order valence-corrected chi connectivity index (χ2v) is 8.63. The van der Waals surface area contributed by atoms with Gasteiger partial charge in [-0.15, -0.1) is 0 Å². The molecular formula is C19H33NO. The van der Waals surface area contributed by atoms with E-state index in [2.05, 4.69) is 26.8 Å². The number of hydrogen-bond donors (Lipinski definition) is 1. The summed E-state index contributed by atoms with van der Waals surface area (Å²) in [5.41, 5.74) is -0.906. The van der Waals surface area contributed by atoms with Gasteiger partial charge < -0.3 is 5.11 Å². The summed E-state index contributed by atoms with van der Waals surface area (Å²) in [6.07, 6.45) is 11.5. The maximum atomic E-state index is 11.4. The third-order valence-corrected chi connectivity index (χ3v) is 6.34. The van der Waals surface area contributed by atoms with Crippen LogP contribution in [0, 0.1) is 28.1 Å². The van der Waals surface area contributed by atoms with Gasteiger partial charge in [0.25, 0.3) is 0 Å². The molecule has 2 aliphatic carbocycles. The first-order valence-corrected chi connectivity index (χ1v) is 8.97. The van der Waals surface area contributed by atoms with Gasteiger partial charge in [0.15, 0.2) is 0 Å². The molecule has 2 unspecified atom stereocenters. The average Bonchev–Trinajstić information content (AvgIpc) is 2.77. The maximum Gasteiger partial charge on any atom is 0.0860 e. The lowest BCUT2D eigenvalue weighted by molar-refractivity contribution is -0.0759. The van der Waals surface area contributed by atoms with Gasteiger partial charge in [-0.05, 0) is 49.9 Å². The van der Waals surface area contributed by atoms with E-state index in [1.54, 1.807) is 0 Å². The Labute approximate surface area is 130 Å². The van der Waals surface area contributed by atoms with Crippen LogP contribution >= 0.6 is 0 Å². The monoisotopic (exact) mass is 291 g/mol. The van der Waals surface area contributed by atoms with E-state index in [-0.39, 0.29) is 0 Å². The van der Waals surface area contributed by atoms with Gasteiger partial charge in [-0.3, -0.25) is 0 Å². The highest BCUT2D eigenvalue weighted by atomic mass is 16.3. The fourth-order valence-corrected chi connectivity index (χ4v) is 4.68. The molecule has 21 heavy (non-hydrogen) atoms. The summed E-state index contributed by atoms with van der Waals surface area (Å²) in [6.45, 7) is 6.94. The maximum absolute atomic E-state index is 11.4. The predicted octanol–water partition coefficient (Wildman–Crippen LogP) is 5.21. The van der Waals surface area contributed by atoms with Crippen LogP contribution < -0.4 is 0 Å². The zero-order chi connectivity index (χ0) is 15.6. The normalized spacial score (nSPS) is 34.5. The van der Waals surface area contributed by atoms with E-state index in [0.29, 0.717) is 11.3 Å². The standard InChI is InChI=1S/C19H33NO/c1-17(2,3)16-9-8-13-19(21,14-10-16)18(15-20)11-6-4-5-7-12-18/h16,21H,4-14H2,1-3H3. The first-order chi connectivity index (χ1) is 9.83. The minimum Gasteiger partial charge on any atom is -0.388 e. The third kappa shape index (κ3) is 3.45. The van der Waals surface area contributed by atoms with Crippen molar-refractivity contribution in [3.05, 3.63) is 0 Å². The van der Waals surface area contributed by atoms with Gasteiger partial charge in [0, 0.05) is 0 Å².